The number of sulfone groups is 1. The van der Waals surface area contributed by atoms with Crippen LogP contribution in [0.3, 0.4) is 0 Å². The Morgan fingerprint density at radius 3 is 2.69 bits per heavy atom. The summed E-state index contributed by atoms with van der Waals surface area (Å²) in [5.41, 5.74) is -0.130. The minimum absolute atomic E-state index is 0.0286. The Morgan fingerprint density at radius 2 is 2.06 bits per heavy atom. The van der Waals surface area contributed by atoms with E-state index >= 15 is 0 Å². The number of halogens is 1. The van der Waals surface area contributed by atoms with Crippen LogP contribution in [0.5, 0.6) is 0 Å². The van der Waals surface area contributed by atoms with Gasteiger partial charge in [-0.3, -0.25) is 4.79 Å². The number of aromatic nitrogens is 1. The molecule has 0 saturated heterocycles. The van der Waals surface area contributed by atoms with Gasteiger partial charge in [0.15, 0.2) is 9.84 Å². The predicted octanol–water partition coefficient (Wildman–Crippen LogP) is 1.28. The van der Waals surface area contributed by atoms with E-state index in [-0.39, 0.29) is 23.6 Å². The largest absolute Gasteiger partial charge is 0.314 e. The monoisotopic (exact) mass is 355 g/mol. The molecule has 0 aliphatic heterocycles. The Hall–Kier alpha value is -0.370. The van der Waals surface area contributed by atoms with E-state index in [0.29, 0.717) is 9.99 Å². The quantitative estimate of drug-likeness (QED) is 0.748. The topological polar surface area (TPSA) is 56.1 Å². The number of pyridine rings is 1. The molecule has 0 aliphatic rings. The fraction of sp³-hybridized carbons (Fsp3) is 0.500. The number of nitrogens with zero attached hydrogens (tertiary/aromatic N) is 1. The molecule has 90 valence electrons. The lowest BCUT2D eigenvalue weighted by atomic mass is 10.5. The predicted molar refractivity (Wildman–Crippen MR) is 72.4 cm³/mol. The SMILES string of the molecule is CCCS(=O)(=O)CCn1cccc(I)c1=O. The molecule has 0 aromatic carbocycles. The van der Waals surface area contributed by atoms with Crippen LogP contribution < -0.4 is 5.56 Å². The third kappa shape index (κ3) is 3.89. The Morgan fingerprint density at radius 1 is 1.38 bits per heavy atom. The van der Waals surface area contributed by atoms with Crippen LogP contribution in [0, 0.1) is 3.57 Å². The minimum atomic E-state index is -3.02. The van der Waals surface area contributed by atoms with Crippen LogP contribution in [-0.4, -0.2) is 24.5 Å². The van der Waals surface area contributed by atoms with Crippen molar-refractivity contribution in [3.05, 3.63) is 32.3 Å². The molecule has 1 heterocycles. The Kier molecular flexibility index (Phi) is 4.97. The van der Waals surface area contributed by atoms with Crippen LogP contribution in [0.4, 0.5) is 0 Å². The van der Waals surface area contributed by atoms with Gasteiger partial charge in [0.2, 0.25) is 0 Å². The third-order valence-corrected chi connectivity index (χ3v) is 4.79. The van der Waals surface area contributed by atoms with Crippen molar-refractivity contribution in [2.75, 3.05) is 11.5 Å². The van der Waals surface area contributed by atoms with Gasteiger partial charge in [0.25, 0.3) is 5.56 Å². The first-order chi connectivity index (χ1) is 7.46. The van der Waals surface area contributed by atoms with Crippen molar-refractivity contribution in [1.82, 2.24) is 4.57 Å². The molecule has 0 unspecified atom stereocenters. The Balaban J connectivity index is 2.76. The second-order valence-corrected chi connectivity index (χ2v) is 6.97. The zero-order chi connectivity index (χ0) is 12.2. The summed E-state index contributed by atoms with van der Waals surface area (Å²) in [5, 5.41) is 0. The van der Waals surface area contributed by atoms with E-state index in [1.54, 1.807) is 18.3 Å². The second kappa shape index (κ2) is 5.81. The molecule has 0 amide bonds. The van der Waals surface area contributed by atoms with Gasteiger partial charge in [0, 0.05) is 18.5 Å². The summed E-state index contributed by atoms with van der Waals surface area (Å²) < 4.78 is 25.0. The minimum Gasteiger partial charge on any atom is -0.314 e. The van der Waals surface area contributed by atoms with Gasteiger partial charge >= 0.3 is 0 Å². The summed E-state index contributed by atoms with van der Waals surface area (Å²) in [4.78, 5) is 11.6. The average molecular weight is 355 g/mol. The van der Waals surface area contributed by atoms with Crippen LogP contribution >= 0.6 is 22.6 Å². The van der Waals surface area contributed by atoms with Gasteiger partial charge in [0.1, 0.15) is 0 Å². The lowest BCUT2D eigenvalue weighted by molar-refractivity contribution is 0.585. The fourth-order valence-electron chi connectivity index (χ4n) is 1.33. The fourth-order valence-corrected chi connectivity index (χ4v) is 3.15. The zero-order valence-electron chi connectivity index (χ0n) is 9.02. The Labute approximate surface area is 109 Å². The number of rotatable bonds is 5. The van der Waals surface area contributed by atoms with Crippen LogP contribution in [-0.2, 0) is 16.4 Å². The molecule has 0 radical (unpaired) electrons. The number of hydrogen-bond donors (Lipinski definition) is 0. The molecule has 0 spiro atoms. The molecule has 1 aromatic heterocycles. The normalized spacial score (nSPS) is 11.6. The first-order valence-electron chi connectivity index (χ1n) is 5.01. The smallest absolute Gasteiger partial charge is 0.263 e. The van der Waals surface area contributed by atoms with E-state index in [0.717, 1.165) is 0 Å². The lowest BCUT2D eigenvalue weighted by Crippen LogP contribution is -2.25. The Bertz CT molecular complexity index is 507. The summed E-state index contributed by atoms with van der Waals surface area (Å²) in [6.45, 7) is 2.06. The maximum Gasteiger partial charge on any atom is 0.263 e. The molecule has 0 fully saturated rings. The van der Waals surface area contributed by atoms with Crippen molar-refractivity contribution in [2.45, 2.75) is 19.9 Å². The summed E-state index contributed by atoms with van der Waals surface area (Å²) in [7, 11) is -3.02. The van der Waals surface area contributed by atoms with Crippen LogP contribution in [0.2, 0.25) is 0 Å². The molecule has 1 aromatic rings. The summed E-state index contributed by atoms with van der Waals surface area (Å²) in [6.07, 6.45) is 2.23. The molecule has 4 nitrogen and oxygen atoms in total. The molecule has 0 N–H and O–H groups in total. The van der Waals surface area contributed by atoms with E-state index in [1.807, 2.05) is 29.5 Å². The van der Waals surface area contributed by atoms with Crippen LogP contribution in [0.1, 0.15) is 13.3 Å². The highest BCUT2D eigenvalue weighted by Crippen LogP contribution is 1.98. The maximum atomic E-state index is 11.6. The standard InChI is InChI=1S/C10H14INO3S/c1-2-7-16(14,15)8-6-12-5-3-4-9(11)10(12)13/h3-5H,2,6-8H2,1H3. The molecule has 0 bridgehead atoms. The first-order valence-corrected chi connectivity index (χ1v) is 7.91. The molecule has 1 rings (SSSR count). The van der Waals surface area contributed by atoms with Gasteiger partial charge in [-0.2, -0.15) is 0 Å². The second-order valence-electron chi connectivity index (χ2n) is 3.51. The van der Waals surface area contributed by atoms with Crippen LogP contribution in [0.15, 0.2) is 23.1 Å². The third-order valence-electron chi connectivity index (χ3n) is 2.13. The van der Waals surface area contributed by atoms with Crippen molar-refractivity contribution < 1.29 is 8.42 Å². The summed E-state index contributed by atoms with van der Waals surface area (Å²) in [5.74, 6) is 0.215. The first kappa shape index (κ1) is 13.7. The van der Waals surface area contributed by atoms with Crippen molar-refractivity contribution in [1.29, 1.82) is 0 Å². The van der Waals surface area contributed by atoms with E-state index in [2.05, 4.69) is 0 Å². The van der Waals surface area contributed by atoms with Crippen molar-refractivity contribution in [3.8, 4) is 0 Å². The van der Waals surface area contributed by atoms with E-state index in [1.165, 1.54) is 4.57 Å². The molecule has 0 atom stereocenters. The molecule has 16 heavy (non-hydrogen) atoms. The number of hydrogen-bond acceptors (Lipinski definition) is 3. The van der Waals surface area contributed by atoms with Gasteiger partial charge in [-0.05, 0) is 41.1 Å². The molecule has 0 aliphatic carbocycles. The van der Waals surface area contributed by atoms with Gasteiger partial charge in [0.05, 0.1) is 9.32 Å². The van der Waals surface area contributed by atoms with Gasteiger partial charge in [-0.1, -0.05) is 6.92 Å². The van der Waals surface area contributed by atoms with E-state index < -0.39 is 9.84 Å². The highest BCUT2D eigenvalue weighted by atomic mass is 127. The summed E-state index contributed by atoms with van der Waals surface area (Å²) in [6, 6.07) is 3.45. The van der Waals surface area contributed by atoms with Crippen molar-refractivity contribution in [3.63, 3.8) is 0 Å². The molecule has 0 saturated carbocycles. The van der Waals surface area contributed by atoms with Crippen molar-refractivity contribution >= 4 is 32.4 Å². The zero-order valence-corrected chi connectivity index (χ0v) is 12.0. The molecule has 6 heteroatoms. The van der Waals surface area contributed by atoms with Gasteiger partial charge < -0.3 is 4.57 Å². The van der Waals surface area contributed by atoms with Gasteiger partial charge in [-0.25, -0.2) is 8.42 Å². The van der Waals surface area contributed by atoms with E-state index in [4.69, 9.17) is 0 Å². The summed E-state index contributed by atoms with van der Waals surface area (Å²) >= 11 is 1.94. The van der Waals surface area contributed by atoms with Gasteiger partial charge in [-0.15, -0.1) is 0 Å². The van der Waals surface area contributed by atoms with Crippen molar-refractivity contribution in [2.24, 2.45) is 0 Å². The highest BCUT2D eigenvalue weighted by molar-refractivity contribution is 14.1. The highest BCUT2D eigenvalue weighted by Gasteiger charge is 2.10. The average Bonchev–Trinajstić information content (AvgIpc) is 2.20. The number of aryl methyl sites for hydroxylation is 1. The van der Waals surface area contributed by atoms with Crippen LogP contribution in [0.25, 0.3) is 0 Å². The van der Waals surface area contributed by atoms with E-state index in [9.17, 15) is 13.2 Å². The lowest BCUT2D eigenvalue weighted by Gasteiger charge is -2.06. The maximum absolute atomic E-state index is 11.6. The molecular formula is C10H14INO3S. The molecular weight excluding hydrogens is 341 g/mol.